The first-order chi connectivity index (χ1) is 22.4. The van der Waals surface area contributed by atoms with Gasteiger partial charge in [0, 0.05) is 29.6 Å². The molecular weight excluding hydrogens is 670 g/mol. The van der Waals surface area contributed by atoms with Crippen LogP contribution in [0.2, 0.25) is 4.47 Å². The average molecular weight is 736 g/mol. The fraction of sp³-hybridized carbons (Fsp3) is 0.771. The van der Waals surface area contributed by atoms with Gasteiger partial charge in [-0.1, -0.05) is 27.7 Å². The van der Waals surface area contributed by atoms with Gasteiger partial charge in [-0.25, -0.2) is 0 Å². The van der Waals surface area contributed by atoms with Gasteiger partial charge in [0.2, 0.25) is 0 Å². The van der Waals surface area contributed by atoms with Gasteiger partial charge in [0.1, 0.15) is 6.29 Å². The molecule has 0 unspecified atom stereocenters. The summed E-state index contributed by atoms with van der Waals surface area (Å²) in [7, 11) is 5.81. The molecule has 12 nitrogen and oxygen atoms in total. The predicted molar refractivity (Wildman–Crippen MR) is 194 cm³/mol. The van der Waals surface area contributed by atoms with Gasteiger partial charge in [-0.2, -0.15) is 0 Å². The number of amides is 1. The van der Waals surface area contributed by atoms with E-state index in [1.807, 2.05) is 51.7 Å². The number of carbonyl (C=O) groups is 4. The van der Waals surface area contributed by atoms with E-state index in [4.69, 9.17) is 9.84 Å². The molecule has 1 aromatic heterocycles. The summed E-state index contributed by atoms with van der Waals surface area (Å²) in [6, 6.07) is 1.61. The third-order valence-corrected chi connectivity index (χ3v) is 8.70. The summed E-state index contributed by atoms with van der Waals surface area (Å²) >= 11 is 1.46. The molecule has 0 aromatic carbocycles. The zero-order chi connectivity index (χ0) is 36.9. The molecule has 48 heavy (non-hydrogen) atoms. The minimum Gasteiger partial charge on any atom is -0.494 e. The number of ketones is 2. The Balaban J connectivity index is 0.00000186. The van der Waals surface area contributed by atoms with Crippen molar-refractivity contribution in [3.8, 4) is 5.88 Å². The Hall–Kier alpha value is -2.00. The molecule has 0 spiro atoms. The van der Waals surface area contributed by atoms with Crippen LogP contribution >= 0.6 is 0 Å². The van der Waals surface area contributed by atoms with Gasteiger partial charge >= 0.3 is 168 Å². The molecule has 1 aromatic rings. The molecule has 13 heteroatoms. The van der Waals surface area contributed by atoms with E-state index in [0.717, 1.165) is 31.5 Å². The zero-order valence-electron chi connectivity index (χ0n) is 31.6. The molecule has 0 saturated carbocycles. The number of hydrogen-bond donors (Lipinski definition) is 3. The van der Waals surface area contributed by atoms with Crippen LogP contribution in [0.15, 0.2) is 12.3 Å². The van der Waals surface area contributed by atoms with E-state index >= 15 is 0 Å². The van der Waals surface area contributed by atoms with Crippen LogP contribution in [0.25, 0.3) is 0 Å². The van der Waals surface area contributed by atoms with Crippen molar-refractivity contribution in [2.45, 2.75) is 72.3 Å². The Morgan fingerprint density at radius 1 is 0.958 bits per heavy atom. The monoisotopic (exact) mass is 734 g/mol. The maximum absolute atomic E-state index is 12.6. The van der Waals surface area contributed by atoms with Crippen molar-refractivity contribution < 1.29 is 29.0 Å². The van der Waals surface area contributed by atoms with Gasteiger partial charge in [-0.15, -0.1) is 0 Å². The van der Waals surface area contributed by atoms with Crippen LogP contribution < -0.4 is 10.6 Å². The summed E-state index contributed by atoms with van der Waals surface area (Å²) in [4.78, 5) is 53.3. The van der Waals surface area contributed by atoms with Gasteiger partial charge in [0.05, 0.1) is 19.8 Å². The quantitative estimate of drug-likeness (QED) is 0.101. The number of nitrogens with one attached hydrogen (secondary N) is 2. The first-order valence-electron chi connectivity index (χ1n) is 17.0. The topological polar surface area (TPSA) is 136 Å². The smallest absolute Gasteiger partial charge is 0.494 e. The van der Waals surface area contributed by atoms with E-state index in [2.05, 4.69) is 43.2 Å². The Morgan fingerprint density at radius 2 is 1.52 bits per heavy atom. The molecule has 1 heterocycles. The first kappa shape index (κ1) is 46.0. The van der Waals surface area contributed by atoms with E-state index in [1.165, 1.54) is 23.2 Å². The van der Waals surface area contributed by atoms with E-state index in [-0.39, 0.29) is 45.2 Å². The molecule has 3 N–H and O–H groups in total. The number of carbonyl (C=O) groups excluding carboxylic acids is 4. The molecule has 0 bridgehead atoms. The first-order valence-corrected chi connectivity index (χ1v) is 18.4. The minimum atomic E-state index is -0.155. The number of aryl methyl sites for hydroxylation is 1. The van der Waals surface area contributed by atoms with Gasteiger partial charge in [0.15, 0.2) is 5.88 Å². The molecule has 1 amide bonds. The number of Topliss-reactive ketones (excluding diaryl/α,β-unsaturated/α-hetero) is 2. The van der Waals surface area contributed by atoms with Crippen LogP contribution in [-0.2, 0) is 30.5 Å². The Kier molecular flexibility index (Phi) is 23.2. The summed E-state index contributed by atoms with van der Waals surface area (Å²) < 4.78 is 7.56. The minimum absolute atomic E-state index is 0.00334. The van der Waals surface area contributed by atoms with Crippen molar-refractivity contribution in [1.29, 1.82) is 0 Å². The number of aromatic hydroxyl groups is 1. The van der Waals surface area contributed by atoms with Crippen LogP contribution in [0.5, 0.6) is 5.88 Å². The second-order valence-electron chi connectivity index (χ2n) is 14.5. The van der Waals surface area contributed by atoms with E-state index in [9.17, 15) is 19.2 Å². The number of aldehydes is 1. The van der Waals surface area contributed by atoms with E-state index in [1.54, 1.807) is 12.3 Å². The van der Waals surface area contributed by atoms with Crippen molar-refractivity contribution >= 4 is 42.4 Å². The molecule has 274 valence electrons. The molecule has 0 aliphatic carbocycles. The van der Waals surface area contributed by atoms with Gasteiger partial charge < -0.3 is 24.5 Å². The number of likely N-dealkylation sites (N-methyl/N-ethyl adjacent to an activating group) is 3. The molecule has 0 fully saturated rings. The van der Waals surface area contributed by atoms with Gasteiger partial charge in [-0.3, -0.25) is 0 Å². The number of rotatable bonds is 25. The molecule has 2 radical (unpaired) electrons. The molecule has 0 aliphatic heterocycles. The fourth-order valence-electron chi connectivity index (χ4n) is 4.88. The van der Waals surface area contributed by atoms with Gasteiger partial charge in [0.25, 0.3) is 0 Å². The maximum atomic E-state index is 12.6. The van der Waals surface area contributed by atoms with Crippen molar-refractivity contribution in [1.82, 2.24) is 29.9 Å². The number of hydrogen-bond acceptors (Lipinski definition) is 10. The zero-order valence-corrected chi connectivity index (χ0v) is 34.0. The van der Waals surface area contributed by atoms with Crippen molar-refractivity contribution in [2.75, 3.05) is 93.3 Å². The van der Waals surface area contributed by atoms with Crippen LogP contribution in [0, 0.1) is 17.8 Å². The van der Waals surface area contributed by atoms with Crippen LogP contribution in [-0.4, -0.2) is 160 Å². The predicted octanol–water partition coefficient (Wildman–Crippen LogP) is 2.17. The summed E-state index contributed by atoms with van der Waals surface area (Å²) in [6.45, 7) is 21.6. The second kappa shape index (κ2) is 24.2. The number of aromatic nitrogens is 1. The van der Waals surface area contributed by atoms with Crippen LogP contribution in [0.3, 0.4) is 0 Å². The average Bonchev–Trinajstić information content (AvgIpc) is 3.29. The second-order valence-corrected chi connectivity index (χ2v) is 16.5. The van der Waals surface area contributed by atoms with E-state index < -0.39 is 0 Å². The standard InChI is InChI=1S/C28H56N5O4.C7H9NO2.Ga/c1-10-31(8)17-24(34)13-12-14-25(35)18-32(9)15-16-33(11-2)19-26(36)30-21-28(5,6)23-37-22-27(3,4)20-29-7;1-6-4-7(10)8(5-6)2-3-9;/h12,29H,10-11,13-23H2,1-9H3,(H,30,36);3-5,10H,2H2,1H3;. The van der Waals surface area contributed by atoms with Crippen molar-refractivity contribution in [3.63, 3.8) is 0 Å². The molecule has 0 aliphatic rings. The normalized spacial score (nSPS) is 12.6. The van der Waals surface area contributed by atoms with Crippen LogP contribution in [0.1, 0.15) is 59.9 Å². The SMILES string of the molecule is CCN(C)CC(=O)C[C@H]([Ga])CC(=O)CN(C)CCN(CC)CC(=O)NCC(C)(C)COCC(C)(C)CNC.Cc1cc(O)n(CC=O)c1. The number of nitrogens with zero attached hydrogens (tertiary/aromatic N) is 4. The molecule has 0 saturated heterocycles. The summed E-state index contributed by atoms with van der Waals surface area (Å²) in [5.41, 5.74) is 0.869. The Morgan fingerprint density at radius 3 is 2.00 bits per heavy atom. The van der Waals surface area contributed by atoms with Crippen molar-refractivity contribution in [2.24, 2.45) is 10.8 Å². The molecule has 1 atom stereocenters. The molecular formula is C35H65GaN6O6. The van der Waals surface area contributed by atoms with Crippen LogP contribution in [0.4, 0.5) is 0 Å². The van der Waals surface area contributed by atoms with E-state index in [0.29, 0.717) is 65.3 Å². The van der Waals surface area contributed by atoms with Gasteiger partial charge in [-0.05, 0) is 19.5 Å². The summed E-state index contributed by atoms with van der Waals surface area (Å²) in [5.74, 6) is 0.512. The summed E-state index contributed by atoms with van der Waals surface area (Å²) in [6.07, 6.45) is 3.39. The Bertz CT molecular complexity index is 1100. The number of ether oxygens (including phenoxy) is 1. The van der Waals surface area contributed by atoms with Crippen molar-refractivity contribution in [3.05, 3.63) is 17.8 Å². The summed E-state index contributed by atoms with van der Waals surface area (Å²) in [5, 5.41) is 15.3. The fourth-order valence-corrected chi connectivity index (χ4v) is 5.99. The third kappa shape index (κ3) is 22.6. The third-order valence-electron chi connectivity index (χ3n) is 7.71. The molecule has 1 rings (SSSR count). The Labute approximate surface area is 300 Å².